The lowest BCUT2D eigenvalue weighted by atomic mass is 9.82. The first-order chi connectivity index (χ1) is 11.8. The molecule has 3 rings (SSSR count). The Labute approximate surface area is 145 Å². The number of piperidine rings is 1. The smallest absolute Gasteiger partial charge is 0.311 e. The molecule has 8 nitrogen and oxygen atoms in total. The molecule has 0 bridgehead atoms. The molecule has 134 valence electrons. The van der Waals surface area contributed by atoms with Crippen LogP contribution in [-0.2, 0) is 4.79 Å². The van der Waals surface area contributed by atoms with Crippen molar-refractivity contribution in [3.05, 3.63) is 33.9 Å². The Bertz CT molecular complexity index is 731. The van der Waals surface area contributed by atoms with E-state index < -0.39 is 16.3 Å². The largest absolute Gasteiger partial charge is 0.481 e. The number of likely N-dealkylation sites (tertiary alicyclic amines) is 1. The molecule has 1 aromatic carbocycles. The van der Waals surface area contributed by atoms with E-state index >= 15 is 0 Å². The number of anilines is 1. The number of hydrogen-bond acceptors (Lipinski definition) is 5. The van der Waals surface area contributed by atoms with E-state index in [-0.39, 0.29) is 29.7 Å². The molecule has 1 aliphatic heterocycles. The first-order valence-electron chi connectivity index (χ1n) is 8.38. The molecular formula is C17H21N3O5. The summed E-state index contributed by atoms with van der Waals surface area (Å²) < 4.78 is 0. The van der Waals surface area contributed by atoms with E-state index in [0.717, 1.165) is 12.8 Å². The lowest BCUT2D eigenvalue weighted by molar-refractivity contribution is -0.384. The summed E-state index contributed by atoms with van der Waals surface area (Å²) in [6.45, 7) is 2.19. The highest BCUT2D eigenvalue weighted by molar-refractivity contribution is 5.96. The zero-order valence-electron chi connectivity index (χ0n) is 14.0. The molecule has 2 N–H and O–H groups in total. The van der Waals surface area contributed by atoms with Crippen molar-refractivity contribution in [1.29, 1.82) is 0 Å². The van der Waals surface area contributed by atoms with Crippen LogP contribution in [0.5, 0.6) is 0 Å². The third-order valence-corrected chi connectivity index (χ3v) is 4.88. The van der Waals surface area contributed by atoms with Crippen LogP contribution in [0.4, 0.5) is 11.4 Å². The Kier molecular flexibility index (Phi) is 4.36. The highest BCUT2D eigenvalue weighted by atomic mass is 16.6. The third-order valence-electron chi connectivity index (χ3n) is 4.88. The number of amides is 1. The van der Waals surface area contributed by atoms with Crippen LogP contribution < -0.4 is 5.32 Å². The van der Waals surface area contributed by atoms with Crippen LogP contribution >= 0.6 is 0 Å². The molecule has 2 aliphatic rings. The van der Waals surface area contributed by atoms with Crippen molar-refractivity contribution in [2.24, 2.45) is 5.41 Å². The number of nitro benzene ring substituents is 1. The van der Waals surface area contributed by atoms with Gasteiger partial charge in [0, 0.05) is 30.8 Å². The van der Waals surface area contributed by atoms with Gasteiger partial charge in [-0.1, -0.05) is 0 Å². The van der Waals surface area contributed by atoms with Gasteiger partial charge in [0.2, 0.25) is 0 Å². The van der Waals surface area contributed by atoms with Crippen molar-refractivity contribution in [2.75, 3.05) is 18.4 Å². The fourth-order valence-electron chi connectivity index (χ4n) is 3.16. The molecule has 25 heavy (non-hydrogen) atoms. The average molecular weight is 347 g/mol. The summed E-state index contributed by atoms with van der Waals surface area (Å²) in [5.74, 6) is -1.30. The topological polar surface area (TPSA) is 113 Å². The fraction of sp³-hybridized carbons (Fsp3) is 0.529. The first-order valence-corrected chi connectivity index (χ1v) is 8.38. The standard InChI is InChI=1S/C17H21N3O5/c1-17(16(22)23)7-2-8-19(10-17)15(21)11-3-6-13(18-12-4-5-12)14(9-11)20(24)25/h3,6,9,12,18H,2,4-5,7-8,10H2,1H3,(H,22,23). The maximum absolute atomic E-state index is 12.7. The highest BCUT2D eigenvalue weighted by Crippen LogP contribution is 2.33. The van der Waals surface area contributed by atoms with Crippen molar-refractivity contribution < 1.29 is 19.6 Å². The van der Waals surface area contributed by atoms with Crippen LogP contribution in [0.3, 0.4) is 0 Å². The molecule has 0 aromatic heterocycles. The number of carboxylic acid groups (broad SMARTS) is 1. The Balaban J connectivity index is 1.82. The summed E-state index contributed by atoms with van der Waals surface area (Å²) in [7, 11) is 0. The maximum atomic E-state index is 12.7. The van der Waals surface area contributed by atoms with Crippen molar-refractivity contribution in [2.45, 2.75) is 38.6 Å². The second-order valence-electron chi connectivity index (χ2n) is 7.10. The highest BCUT2D eigenvalue weighted by Gasteiger charge is 2.39. The van der Waals surface area contributed by atoms with Crippen molar-refractivity contribution >= 4 is 23.3 Å². The molecule has 0 radical (unpaired) electrons. The number of carbonyl (C=O) groups is 2. The molecule has 2 fully saturated rings. The lowest BCUT2D eigenvalue weighted by Gasteiger charge is -2.37. The predicted octanol–water partition coefficient (Wildman–Crippen LogP) is 2.50. The Morgan fingerprint density at radius 1 is 1.40 bits per heavy atom. The number of nitrogens with one attached hydrogen (secondary N) is 1. The van der Waals surface area contributed by atoms with Gasteiger partial charge < -0.3 is 15.3 Å². The minimum atomic E-state index is -0.979. The molecule has 1 saturated carbocycles. The Hall–Kier alpha value is -2.64. The van der Waals surface area contributed by atoms with E-state index in [9.17, 15) is 24.8 Å². The van der Waals surface area contributed by atoms with E-state index in [2.05, 4.69) is 5.32 Å². The lowest BCUT2D eigenvalue weighted by Crippen LogP contribution is -2.48. The molecule has 8 heteroatoms. The number of nitrogens with zero attached hydrogens (tertiary/aromatic N) is 2. The first kappa shape index (κ1) is 17.2. The summed E-state index contributed by atoms with van der Waals surface area (Å²) in [6.07, 6.45) is 3.08. The molecule has 1 amide bonds. The minimum absolute atomic E-state index is 0.108. The molecule has 1 aromatic rings. The molecule has 1 atom stereocenters. The molecular weight excluding hydrogens is 326 g/mol. The van der Waals surface area contributed by atoms with Gasteiger partial charge in [-0.3, -0.25) is 19.7 Å². The van der Waals surface area contributed by atoms with Crippen LogP contribution in [0, 0.1) is 15.5 Å². The molecule has 1 unspecified atom stereocenters. The molecule has 1 heterocycles. The summed E-state index contributed by atoms with van der Waals surface area (Å²) >= 11 is 0. The number of rotatable bonds is 5. The second kappa shape index (κ2) is 6.34. The van der Waals surface area contributed by atoms with Crippen molar-refractivity contribution in [3.63, 3.8) is 0 Å². The normalized spacial score (nSPS) is 23.2. The minimum Gasteiger partial charge on any atom is -0.481 e. The summed E-state index contributed by atoms with van der Waals surface area (Å²) in [6, 6.07) is 4.66. The predicted molar refractivity (Wildman–Crippen MR) is 90.6 cm³/mol. The van der Waals surface area contributed by atoms with Crippen LogP contribution in [0.15, 0.2) is 18.2 Å². The Morgan fingerprint density at radius 3 is 2.72 bits per heavy atom. The van der Waals surface area contributed by atoms with Gasteiger partial charge in [0.05, 0.1) is 10.3 Å². The van der Waals surface area contributed by atoms with Gasteiger partial charge >= 0.3 is 5.97 Å². The number of carbonyl (C=O) groups excluding carboxylic acids is 1. The number of hydrogen-bond donors (Lipinski definition) is 2. The zero-order chi connectivity index (χ0) is 18.2. The van der Waals surface area contributed by atoms with Gasteiger partial charge in [-0.15, -0.1) is 0 Å². The number of aliphatic carboxylic acids is 1. The van der Waals surface area contributed by atoms with E-state index in [4.69, 9.17) is 0 Å². The van der Waals surface area contributed by atoms with Gasteiger partial charge in [0.15, 0.2) is 0 Å². The molecule has 0 spiro atoms. The monoisotopic (exact) mass is 347 g/mol. The fourth-order valence-corrected chi connectivity index (χ4v) is 3.16. The van der Waals surface area contributed by atoms with Gasteiger partial charge in [0.1, 0.15) is 5.69 Å². The maximum Gasteiger partial charge on any atom is 0.311 e. The van der Waals surface area contributed by atoms with E-state index in [0.29, 0.717) is 25.1 Å². The average Bonchev–Trinajstić information content (AvgIpc) is 3.38. The zero-order valence-corrected chi connectivity index (χ0v) is 14.0. The van der Waals surface area contributed by atoms with Crippen molar-refractivity contribution in [3.8, 4) is 0 Å². The van der Waals surface area contributed by atoms with E-state index in [1.807, 2.05) is 0 Å². The number of nitro groups is 1. The molecule has 1 saturated heterocycles. The van der Waals surface area contributed by atoms with Crippen molar-refractivity contribution in [1.82, 2.24) is 4.90 Å². The quantitative estimate of drug-likeness (QED) is 0.625. The van der Waals surface area contributed by atoms with Crippen LogP contribution in [0.2, 0.25) is 0 Å². The summed E-state index contributed by atoms with van der Waals surface area (Å²) in [5.41, 5.74) is -0.482. The van der Waals surface area contributed by atoms with E-state index in [1.165, 1.54) is 11.0 Å². The van der Waals surface area contributed by atoms with E-state index in [1.54, 1.807) is 19.1 Å². The van der Waals surface area contributed by atoms with Crippen LogP contribution in [0.25, 0.3) is 0 Å². The second-order valence-corrected chi connectivity index (χ2v) is 7.10. The van der Waals surface area contributed by atoms with Gasteiger partial charge in [-0.05, 0) is 44.7 Å². The summed E-state index contributed by atoms with van der Waals surface area (Å²) in [5, 5.41) is 23.8. The van der Waals surface area contributed by atoms with Gasteiger partial charge in [-0.25, -0.2) is 0 Å². The number of benzene rings is 1. The third kappa shape index (κ3) is 3.57. The summed E-state index contributed by atoms with van der Waals surface area (Å²) in [4.78, 5) is 36.5. The Morgan fingerprint density at radius 2 is 2.12 bits per heavy atom. The van der Waals surface area contributed by atoms with Gasteiger partial charge in [0.25, 0.3) is 11.6 Å². The van der Waals surface area contributed by atoms with Crippen LogP contribution in [-0.4, -0.2) is 45.9 Å². The SMILES string of the molecule is CC1(C(=O)O)CCCN(C(=O)c2ccc(NC3CC3)c([N+](=O)[O-])c2)C1. The molecule has 1 aliphatic carbocycles. The van der Waals surface area contributed by atoms with Crippen LogP contribution in [0.1, 0.15) is 43.0 Å². The van der Waals surface area contributed by atoms with Gasteiger partial charge in [-0.2, -0.15) is 0 Å². The number of carboxylic acids is 1.